The molecule has 0 N–H and O–H groups in total. The molecule has 2 aromatic heterocycles. The first-order valence-corrected chi connectivity index (χ1v) is 8.33. The molecule has 1 atom stereocenters. The maximum atomic E-state index is 12.8. The number of pyridine rings is 1. The van der Waals surface area contributed by atoms with E-state index >= 15 is 0 Å². The van der Waals surface area contributed by atoms with Crippen LogP contribution in [0.25, 0.3) is 0 Å². The Balaban J connectivity index is 1.74. The van der Waals surface area contributed by atoms with Crippen LogP contribution in [0, 0.1) is 0 Å². The third kappa shape index (κ3) is 3.39. The molecule has 2 aromatic rings. The van der Waals surface area contributed by atoms with Crippen LogP contribution in [-0.4, -0.2) is 53.1 Å². The number of amides is 1. The van der Waals surface area contributed by atoms with Crippen molar-refractivity contribution in [3.63, 3.8) is 0 Å². The zero-order chi connectivity index (χ0) is 17.1. The van der Waals surface area contributed by atoms with Crippen molar-refractivity contribution < 1.29 is 9.32 Å². The molecule has 7 heteroatoms. The summed E-state index contributed by atoms with van der Waals surface area (Å²) < 4.78 is 5.21. The molecule has 3 rings (SSSR count). The average molecular weight is 329 g/mol. The van der Waals surface area contributed by atoms with Gasteiger partial charge in [-0.1, -0.05) is 12.1 Å². The van der Waals surface area contributed by atoms with Crippen LogP contribution in [0.2, 0.25) is 0 Å². The Morgan fingerprint density at radius 1 is 1.46 bits per heavy atom. The van der Waals surface area contributed by atoms with Crippen LogP contribution in [0.1, 0.15) is 47.8 Å². The summed E-state index contributed by atoms with van der Waals surface area (Å²) in [5.41, 5.74) is 0.664. The zero-order valence-electron chi connectivity index (χ0n) is 14.4. The second-order valence-corrected chi connectivity index (χ2v) is 6.29. The van der Waals surface area contributed by atoms with Gasteiger partial charge >= 0.3 is 0 Å². The van der Waals surface area contributed by atoms with E-state index in [2.05, 4.69) is 15.1 Å². The Hall–Kier alpha value is -2.44. The first-order valence-electron chi connectivity index (χ1n) is 8.33. The fraction of sp³-hybridized carbons (Fsp3) is 0.529. The molecule has 0 unspecified atom stereocenters. The molecule has 128 valence electrons. The highest BCUT2D eigenvalue weighted by molar-refractivity contribution is 5.95. The van der Waals surface area contributed by atoms with Gasteiger partial charge in [-0.25, -0.2) is 4.98 Å². The topological polar surface area (TPSA) is 75.4 Å². The minimum atomic E-state index is 0.0319. The van der Waals surface area contributed by atoms with Crippen molar-refractivity contribution in [3.05, 3.63) is 35.6 Å². The Morgan fingerprint density at radius 2 is 2.29 bits per heavy atom. The third-order valence-corrected chi connectivity index (χ3v) is 4.31. The van der Waals surface area contributed by atoms with E-state index in [1.54, 1.807) is 12.3 Å². The fourth-order valence-corrected chi connectivity index (χ4v) is 2.93. The lowest BCUT2D eigenvalue weighted by atomic mass is 9.97. The number of rotatable bonds is 4. The van der Waals surface area contributed by atoms with E-state index in [4.69, 9.17) is 4.52 Å². The molecule has 0 saturated carbocycles. The van der Waals surface area contributed by atoms with E-state index in [1.807, 2.05) is 36.9 Å². The van der Waals surface area contributed by atoms with E-state index in [9.17, 15) is 4.79 Å². The third-order valence-electron chi connectivity index (χ3n) is 4.31. The van der Waals surface area contributed by atoms with E-state index in [0.29, 0.717) is 23.8 Å². The molecule has 7 nitrogen and oxygen atoms in total. The molecule has 1 aliphatic rings. The Labute approximate surface area is 141 Å². The van der Waals surface area contributed by atoms with Crippen molar-refractivity contribution in [1.82, 2.24) is 20.0 Å². The quantitative estimate of drug-likeness (QED) is 0.855. The molecular weight excluding hydrogens is 306 g/mol. The monoisotopic (exact) mass is 329 g/mol. The average Bonchev–Trinajstić information content (AvgIpc) is 3.10. The second-order valence-electron chi connectivity index (χ2n) is 6.29. The number of carbonyl (C=O) groups is 1. The lowest BCUT2D eigenvalue weighted by molar-refractivity contribution is 0.0703. The van der Waals surface area contributed by atoms with Crippen LogP contribution < -0.4 is 4.90 Å². The van der Waals surface area contributed by atoms with Crippen molar-refractivity contribution in [3.8, 4) is 0 Å². The predicted octanol–water partition coefficient (Wildman–Crippen LogP) is 2.11. The molecule has 0 radical (unpaired) electrons. The Morgan fingerprint density at radius 3 is 3.00 bits per heavy atom. The highest BCUT2D eigenvalue weighted by Crippen LogP contribution is 2.26. The van der Waals surface area contributed by atoms with Crippen molar-refractivity contribution in [2.24, 2.45) is 0 Å². The van der Waals surface area contributed by atoms with Gasteiger partial charge in [-0.2, -0.15) is 4.98 Å². The minimum absolute atomic E-state index is 0.0319. The number of nitrogens with zero attached hydrogens (tertiary/aromatic N) is 5. The number of hydrogen-bond acceptors (Lipinski definition) is 6. The van der Waals surface area contributed by atoms with Gasteiger partial charge in [0.05, 0.1) is 0 Å². The summed E-state index contributed by atoms with van der Waals surface area (Å²) in [7, 11) is 3.82. The first-order chi connectivity index (χ1) is 11.6. The van der Waals surface area contributed by atoms with Crippen LogP contribution in [0.3, 0.4) is 0 Å². The molecule has 1 saturated heterocycles. The molecule has 0 aromatic carbocycles. The largest absolute Gasteiger partial charge is 0.363 e. The maximum absolute atomic E-state index is 12.8. The number of likely N-dealkylation sites (tertiary alicyclic amines) is 1. The summed E-state index contributed by atoms with van der Waals surface area (Å²) in [6.07, 6.45) is 4.33. The molecule has 1 aliphatic heterocycles. The number of anilines is 1. The zero-order valence-corrected chi connectivity index (χ0v) is 14.4. The number of aryl methyl sites for hydroxylation is 1. The summed E-state index contributed by atoms with van der Waals surface area (Å²) in [4.78, 5) is 25.3. The lowest BCUT2D eigenvalue weighted by Crippen LogP contribution is -2.39. The van der Waals surface area contributed by atoms with Crippen LogP contribution in [-0.2, 0) is 6.42 Å². The molecule has 3 heterocycles. The Kier molecular flexibility index (Phi) is 4.78. The summed E-state index contributed by atoms with van der Waals surface area (Å²) in [5.74, 6) is 2.32. The van der Waals surface area contributed by atoms with Gasteiger partial charge in [0.2, 0.25) is 5.89 Å². The SMILES string of the molecule is CCc1nc([C@H]2CCCN(C(=O)c3ccnc(N(C)C)c3)C2)no1. The van der Waals surface area contributed by atoms with Gasteiger partial charge in [-0.3, -0.25) is 4.79 Å². The molecule has 0 bridgehead atoms. The van der Waals surface area contributed by atoms with E-state index in [-0.39, 0.29) is 11.8 Å². The molecule has 0 aliphatic carbocycles. The second kappa shape index (κ2) is 6.98. The minimum Gasteiger partial charge on any atom is -0.363 e. The smallest absolute Gasteiger partial charge is 0.254 e. The summed E-state index contributed by atoms with van der Waals surface area (Å²) in [6.45, 7) is 3.37. The maximum Gasteiger partial charge on any atom is 0.254 e. The Bertz CT molecular complexity index is 713. The van der Waals surface area contributed by atoms with Crippen molar-refractivity contribution in [2.75, 3.05) is 32.1 Å². The van der Waals surface area contributed by atoms with Gasteiger partial charge in [0.25, 0.3) is 5.91 Å². The molecule has 0 spiro atoms. The summed E-state index contributed by atoms with van der Waals surface area (Å²) in [6, 6.07) is 3.60. The number of aromatic nitrogens is 3. The molecule has 1 fully saturated rings. The van der Waals surface area contributed by atoms with Crippen LogP contribution in [0.15, 0.2) is 22.9 Å². The number of carbonyl (C=O) groups excluding carboxylic acids is 1. The first kappa shape index (κ1) is 16.4. The van der Waals surface area contributed by atoms with Gasteiger partial charge in [0.15, 0.2) is 5.82 Å². The van der Waals surface area contributed by atoms with Gasteiger partial charge in [0.1, 0.15) is 5.82 Å². The van der Waals surface area contributed by atoms with Crippen molar-refractivity contribution >= 4 is 11.7 Å². The van der Waals surface area contributed by atoms with Gasteiger partial charge < -0.3 is 14.3 Å². The predicted molar refractivity (Wildman–Crippen MR) is 90.1 cm³/mol. The normalized spacial score (nSPS) is 17.8. The van der Waals surface area contributed by atoms with Gasteiger partial charge in [0, 0.05) is 51.3 Å². The molecule has 24 heavy (non-hydrogen) atoms. The standard InChI is InChI=1S/C17H23N5O2/c1-4-15-19-16(20-24-15)13-6-5-9-22(11-13)17(23)12-7-8-18-14(10-12)21(2)3/h7-8,10,13H,4-6,9,11H2,1-3H3/t13-/m0/s1. The number of hydrogen-bond donors (Lipinski definition) is 0. The van der Waals surface area contributed by atoms with Gasteiger partial charge in [-0.15, -0.1) is 0 Å². The fourth-order valence-electron chi connectivity index (χ4n) is 2.93. The molecule has 1 amide bonds. The molecular formula is C17H23N5O2. The van der Waals surface area contributed by atoms with Crippen LogP contribution in [0.4, 0.5) is 5.82 Å². The van der Waals surface area contributed by atoms with E-state index < -0.39 is 0 Å². The highest BCUT2D eigenvalue weighted by atomic mass is 16.5. The highest BCUT2D eigenvalue weighted by Gasteiger charge is 2.28. The van der Waals surface area contributed by atoms with E-state index in [0.717, 1.165) is 31.6 Å². The summed E-state index contributed by atoms with van der Waals surface area (Å²) >= 11 is 0. The van der Waals surface area contributed by atoms with Crippen LogP contribution >= 0.6 is 0 Å². The van der Waals surface area contributed by atoms with Crippen molar-refractivity contribution in [2.45, 2.75) is 32.1 Å². The van der Waals surface area contributed by atoms with Crippen molar-refractivity contribution in [1.29, 1.82) is 0 Å². The lowest BCUT2D eigenvalue weighted by Gasteiger charge is -2.31. The summed E-state index contributed by atoms with van der Waals surface area (Å²) in [5, 5.41) is 4.07. The number of piperidine rings is 1. The van der Waals surface area contributed by atoms with E-state index in [1.165, 1.54) is 0 Å². The van der Waals surface area contributed by atoms with Gasteiger partial charge in [-0.05, 0) is 25.0 Å². The van der Waals surface area contributed by atoms with Crippen LogP contribution in [0.5, 0.6) is 0 Å².